The van der Waals surface area contributed by atoms with Crippen molar-refractivity contribution in [3.63, 3.8) is 0 Å². The Morgan fingerprint density at radius 2 is 2.23 bits per heavy atom. The molecule has 0 bridgehead atoms. The van der Waals surface area contributed by atoms with Crippen LogP contribution in [0.3, 0.4) is 0 Å². The molecule has 2 unspecified atom stereocenters. The second-order valence-electron chi connectivity index (χ2n) is 7.30. The van der Waals surface area contributed by atoms with Crippen molar-refractivity contribution in [2.75, 3.05) is 6.54 Å². The average Bonchev–Trinajstić information content (AvgIpc) is 2.96. The molecular weight excluding hydrogens is 337 g/mol. The van der Waals surface area contributed by atoms with E-state index in [1.807, 2.05) is 18.1 Å². The Hall–Kier alpha value is -1.83. The number of nitrogens with two attached hydrogens (primary N) is 1. The molecule has 0 amide bonds. The van der Waals surface area contributed by atoms with Crippen molar-refractivity contribution in [2.45, 2.75) is 46.1 Å². The van der Waals surface area contributed by atoms with E-state index < -0.39 is 0 Å². The Morgan fingerprint density at radius 3 is 2.88 bits per heavy atom. The maximum absolute atomic E-state index is 5.76. The summed E-state index contributed by atoms with van der Waals surface area (Å²) in [6, 6.07) is 6.69. The van der Waals surface area contributed by atoms with E-state index in [1.165, 1.54) is 11.1 Å². The number of benzene rings is 1. The highest BCUT2D eigenvalue weighted by atomic mass is 31.0. The second kappa shape index (κ2) is 9.21. The molecule has 2 N–H and O–H groups in total. The number of allylic oxidation sites excluding steroid dienone is 2. The van der Waals surface area contributed by atoms with Crippen LogP contribution in [0.1, 0.15) is 50.3 Å². The van der Waals surface area contributed by atoms with Crippen molar-refractivity contribution in [2.24, 2.45) is 21.1 Å². The monoisotopic (exact) mass is 367 g/mol. The highest BCUT2D eigenvalue weighted by molar-refractivity contribution is 7.19. The minimum Gasteiger partial charge on any atom is -0.330 e. The van der Waals surface area contributed by atoms with E-state index in [0.29, 0.717) is 6.54 Å². The molecule has 1 aromatic carbocycles. The van der Waals surface area contributed by atoms with Crippen molar-refractivity contribution in [1.82, 2.24) is 0 Å². The molecule has 1 aliphatic heterocycles. The summed E-state index contributed by atoms with van der Waals surface area (Å²) in [5, 5.41) is 0. The van der Waals surface area contributed by atoms with Gasteiger partial charge in [-0.2, -0.15) is 0 Å². The third-order valence-electron chi connectivity index (χ3n) is 4.62. The zero-order chi connectivity index (χ0) is 19.2. The van der Waals surface area contributed by atoms with Crippen LogP contribution in [-0.2, 0) is 6.42 Å². The van der Waals surface area contributed by atoms with Crippen LogP contribution < -0.4 is 5.73 Å². The van der Waals surface area contributed by atoms with Gasteiger partial charge in [-0.1, -0.05) is 31.2 Å². The predicted molar refractivity (Wildman–Crippen MR) is 119 cm³/mol. The fourth-order valence-corrected chi connectivity index (χ4v) is 3.50. The molecule has 26 heavy (non-hydrogen) atoms. The van der Waals surface area contributed by atoms with Crippen molar-refractivity contribution in [3.8, 4) is 0 Å². The van der Waals surface area contributed by atoms with E-state index in [9.17, 15) is 0 Å². The van der Waals surface area contributed by atoms with E-state index in [1.54, 1.807) is 0 Å². The van der Waals surface area contributed by atoms with Crippen molar-refractivity contribution < 1.29 is 0 Å². The minimum absolute atomic E-state index is 0.0501. The molecule has 3 nitrogen and oxygen atoms in total. The highest BCUT2D eigenvalue weighted by Crippen LogP contribution is 2.34. The lowest BCUT2D eigenvalue weighted by atomic mass is 9.87. The van der Waals surface area contributed by atoms with Gasteiger partial charge in [-0.15, -0.1) is 15.4 Å². The van der Waals surface area contributed by atoms with E-state index >= 15 is 0 Å². The lowest BCUT2D eigenvalue weighted by Crippen LogP contribution is -2.17. The van der Waals surface area contributed by atoms with Crippen molar-refractivity contribution >= 4 is 32.3 Å². The summed E-state index contributed by atoms with van der Waals surface area (Å²) in [6.07, 6.45) is 8.78. The van der Waals surface area contributed by atoms with Crippen LogP contribution >= 0.6 is 8.86 Å². The van der Waals surface area contributed by atoms with Gasteiger partial charge in [0.1, 0.15) is 0 Å². The van der Waals surface area contributed by atoms with Gasteiger partial charge in [-0.25, -0.2) is 0 Å². The zero-order valence-electron chi connectivity index (χ0n) is 16.1. The molecule has 1 aromatic rings. The third kappa shape index (κ3) is 5.33. The summed E-state index contributed by atoms with van der Waals surface area (Å²) in [4.78, 5) is 9.49. The van der Waals surface area contributed by atoms with Crippen LogP contribution in [0.2, 0.25) is 0 Å². The highest BCUT2D eigenvalue weighted by Gasteiger charge is 2.25. The first-order chi connectivity index (χ1) is 12.4. The maximum Gasteiger partial charge on any atom is 0.0670 e. The second-order valence-corrected chi connectivity index (χ2v) is 7.59. The maximum atomic E-state index is 5.76. The SMILES string of the molecule is C=CCC(C)=NC(C)Cc1cc(C=P)ccc1C1=CC(C)(CCN)C=N1. The van der Waals surface area contributed by atoms with Crippen LogP contribution in [-0.4, -0.2) is 30.3 Å². The lowest BCUT2D eigenvalue weighted by molar-refractivity contribution is 0.567. The van der Waals surface area contributed by atoms with Crippen molar-refractivity contribution in [1.29, 1.82) is 0 Å². The molecule has 0 saturated heterocycles. The summed E-state index contributed by atoms with van der Waals surface area (Å²) in [6.45, 7) is 10.8. The Bertz CT molecular complexity index is 761. The van der Waals surface area contributed by atoms with Gasteiger partial charge < -0.3 is 5.73 Å². The predicted octanol–water partition coefficient (Wildman–Crippen LogP) is 4.73. The summed E-state index contributed by atoms with van der Waals surface area (Å²) in [5.41, 5.74) is 11.5. The van der Waals surface area contributed by atoms with Crippen LogP contribution in [0, 0.1) is 5.41 Å². The number of nitrogens with zero attached hydrogens (tertiary/aromatic N) is 2. The first-order valence-corrected chi connectivity index (χ1v) is 9.74. The summed E-state index contributed by atoms with van der Waals surface area (Å²) in [7, 11) is 3.49. The summed E-state index contributed by atoms with van der Waals surface area (Å²) >= 11 is 0. The van der Waals surface area contributed by atoms with Crippen LogP contribution in [0.15, 0.2) is 46.9 Å². The van der Waals surface area contributed by atoms with E-state index in [-0.39, 0.29) is 11.5 Å². The Kier molecular flexibility index (Phi) is 7.25. The quantitative estimate of drug-likeness (QED) is 0.383. The van der Waals surface area contributed by atoms with Gasteiger partial charge in [0.2, 0.25) is 0 Å². The van der Waals surface area contributed by atoms with E-state index in [0.717, 1.165) is 36.2 Å². The molecule has 2 atom stereocenters. The Labute approximate surface area is 160 Å². The third-order valence-corrected chi connectivity index (χ3v) is 4.95. The summed E-state index contributed by atoms with van der Waals surface area (Å²) in [5.74, 6) is 1.94. The van der Waals surface area contributed by atoms with Gasteiger partial charge >= 0.3 is 0 Å². The van der Waals surface area contributed by atoms with Gasteiger partial charge in [0.05, 0.1) is 11.7 Å². The molecule has 0 spiro atoms. The van der Waals surface area contributed by atoms with Crippen molar-refractivity contribution in [3.05, 3.63) is 53.6 Å². The zero-order valence-corrected chi connectivity index (χ0v) is 17.1. The van der Waals surface area contributed by atoms with E-state index in [4.69, 9.17) is 15.7 Å². The molecule has 0 saturated carbocycles. The first-order valence-electron chi connectivity index (χ1n) is 9.17. The van der Waals surface area contributed by atoms with Gasteiger partial charge in [0, 0.05) is 29.3 Å². The number of aliphatic imine (C=N–C) groups is 2. The molecule has 0 aliphatic carbocycles. The fraction of sp³-hybridized carbons (Fsp3) is 0.409. The van der Waals surface area contributed by atoms with Gasteiger partial charge in [0.25, 0.3) is 0 Å². The molecule has 4 heteroatoms. The molecule has 0 aromatic heterocycles. The number of rotatable bonds is 9. The molecular formula is C22H30N3P. The van der Waals surface area contributed by atoms with Gasteiger partial charge in [0.15, 0.2) is 0 Å². The average molecular weight is 367 g/mol. The van der Waals surface area contributed by atoms with Gasteiger partial charge in [-0.05, 0) is 56.2 Å². The summed E-state index contributed by atoms with van der Waals surface area (Å²) < 4.78 is 0. The smallest absolute Gasteiger partial charge is 0.0670 e. The standard InChI is InChI=1S/C22H30N3P/c1-5-6-16(2)25-17(3)11-19-12-18(14-26)7-8-20(19)21-13-22(4,9-10-23)15-24-21/h5,7-8,12-15,17,26H,1,6,9-11,23H2,2-4H3. The Balaban J connectivity index is 2.34. The van der Waals surface area contributed by atoms with Gasteiger partial charge in [-0.3, -0.25) is 9.98 Å². The number of hydrogen-bond donors (Lipinski definition) is 1. The number of hydrogen-bond acceptors (Lipinski definition) is 3. The Morgan fingerprint density at radius 1 is 1.46 bits per heavy atom. The molecule has 0 fully saturated rings. The van der Waals surface area contributed by atoms with Crippen LogP contribution in [0.25, 0.3) is 5.70 Å². The first kappa shape index (κ1) is 20.5. The normalized spacial score (nSPS) is 20.8. The molecule has 138 valence electrons. The lowest BCUT2D eigenvalue weighted by Gasteiger charge is -2.16. The van der Waals surface area contributed by atoms with Crippen LogP contribution in [0.5, 0.6) is 0 Å². The molecule has 1 heterocycles. The molecule has 0 radical (unpaired) electrons. The fourth-order valence-electron chi connectivity index (χ4n) is 3.32. The van der Waals surface area contributed by atoms with Crippen LogP contribution in [0.4, 0.5) is 0 Å². The largest absolute Gasteiger partial charge is 0.330 e. The topological polar surface area (TPSA) is 50.7 Å². The molecule has 1 aliphatic rings. The molecule has 2 rings (SSSR count). The minimum atomic E-state index is -0.0501. The van der Waals surface area contributed by atoms with E-state index in [2.05, 4.69) is 60.5 Å².